The van der Waals surface area contributed by atoms with E-state index in [4.69, 9.17) is 4.42 Å². The Kier molecular flexibility index (Phi) is 3.52. The van der Waals surface area contributed by atoms with Crippen molar-refractivity contribution >= 4 is 15.9 Å². The Hall–Kier alpha value is -0.280. The summed E-state index contributed by atoms with van der Waals surface area (Å²) in [6.45, 7) is 2.32. The van der Waals surface area contributed by atoms with Gasteiger partial charge in [-0.2, -0.15) is 0 Å². The quantitative estimate of drug-likeness (QED) is 0.890. The lowest BCUT2D eigenvalue weighted by Crippen LogP contribution is -2.33. The molecule has 0 saturated heterocycles. The Morgan fingerprint density at radius 2 is 2.27 bits per heavy atom. The molecule has 1 aliphatic rings. The Balaban J connectivity index is 2.16. The first kappa shape index (κ1) is 11.2. The zero-order chi connectivity index (χ0) is 10.8. The van der Waals surface area contributed by atoms with Crippen LogP contribution in [-0.2, 0) is 0 Å². The highest BCUT2D eigenvalue weighted by molar-refractivity contribution is 9.10. The SMILES string of the molecule is CNC1CCC(C)C(c2occc2Br)C1. The lowest BCUT2D eigenvalue weighted by molar-refractivity contribution is 0.249. The largest absolute Gasteiger partial charge is 0.468 e. The molecule has 3 unspecified atom stereocenters. The van der Waals surface area contributed by atoms with E-state index in [2.05, 4.69) is 35.2 Å². The fraction of sp³-hybridized carbons (Fsp3) is 0.667. The molecule has 1 saturated carbocycles. The molecule has 0 aromatic carbocycles. The maximum absolute atomic E-state index is 5.59. The van der Waals surface area contributed by atoms with Crippen molar-refractivity contribution < 1.29 is 4.42 Å². The molecule has 0 radical (unpaired) electrons. The van der Waals surface area contributed by atoms with Crippen LogP contribution < -0.4 is 5.32 Å². The van der Waals surface area contributed by atoms with Crippen molar-refractivity contribution in [2.24, 2.45) is 5.92 Å². The van der Waals surface area contributed by atoms with Crippen LogP contribution in [-0.4, -0.2) is 13.1 Å². The standard InChI is InChI=1S/C12H18BrNO/c1-8-3-4-9(14-2)7-10(8)12-11(13)5-6-15-12/h5-6,8-10,14H,3-4,7H2,1-2H3. The number of furan rings is 1. The first-order chi connectivity index (χ1) is 7.22. The summed E-state index contributed by atoms with van der Waals surface area (Å²) >= 11 is 3.56. The van der Waals surface area contributed by atoms with E-state index in [9.17, 15) is 0 Å². The first-order valence-electron chi connectivity index (χ1n) is 5.62. The predicted molar refractivity (Wildman–Crippen MR) is 65.0 cm³/mol. The molecule has 84 valence electrons. The number of hydrogen-bond acceptors (Lipinski definition) is 2. The first-order valence-corrected chi connectivity index (χ1v) is 6.41. The fourth-order valence-electron chi connectivity index (χ4n) is 2.52. The fourth-order valence-corrected chi connectivity index (χ4v) is 3.01. The van der Waals surface area contributed by atoms with E-state index >= 15 is 0 Å². The van der Waals surface area contributed by atoms with Crippen LogP contribution in [0.1, 0.15) is 37.9 Å². The lowest BCUT2D eigenvalue weighted by Gasteiger charge is -2.33. The van der Waals surface area contributed by atoms with Crippen LogP contribution in [0.3, 0.4) is 0 Å². The third-order valence-electron chi connectivity index (χ3n) is 3.59. The number of hydrogen-bond donors (Lipinski definition) is 1. The summed E-state index contributed by atoms with van der Waals surface area (Å²) in [7, 11) is 2.05. The summed E-state index contributed by atoms with van der Waals surface area (Å²) in [4.78, 5) is 0. The third-order valence-corrected chi connectivity index (χ3v) is 4.24. The average molecular weight is 272 g/mol. The van der Waals surface area contributed by atoms with Gasteiger partial charge in [-0.05, 0) is 54.2 Å². The normalized spacial score (nSPS) is 31.8. The van der Waals surface area contributed by atoms with Crippen LogP contribution in [0.25, 0.3) is 0 Å². The van der Waals surface area contributed by atoms with Gasteiger partial charge < -0.3 is 9.73 Å². The maximum Gasteiger partial charge on any atom is 0.121 e. The second-order valence-electron chi connectivity index (χ2n) is 4.52. The van der Waals surface area contributed by atoms with Crippen molar-refractivity contribution in [2.75, 3.05) is 7.05 Å². The molecule has 2 rings (SSSR count). The molecular formula is C12H18BrNO. The zero-order valence-electron chi connectivity index (χ0n) is 9.29. The lowest BCUT2D eigenvalue weighted by atomic mass is 9.77. The van der Waals surface area contributed by atoms with Gasteiger partial charge in [0.25, 0.3) is 0 Å². The minimum absolute atomic E-state index is 0.556. The topological polar surface area (TPSA) is 25.2 Å². The average Bonchev–Trinajstić information content (AvgIpc) is 2.65. The number of nitrogens with one attached hydrogen (secondary N) is 1. The summed E-state index contributed by atoms with van der Waals surface area (Å²) in [6, 6.07) is 2.63. The van der Waals surface area contributed by atoms with E-state index in [1.54, 1.807) is 6.26 Å². The smallest absolute Gasteiger partial charge is 0.121 e. The van der Waals surface area contributed by atoms with Gasteiger partial charge in [0.15, 0.2) is 0 Å². The van der Waals surface area contributed by atoms with Crippen LogP contribution in [0, 0.1) is 5.92 Å². The highest BCUT2D eigenvalue weighted by Crippen LogP contribution is 2.40. The molecule has 3 heteroatoms. The van der Waals surface area contributed by atoms with Gasteiger partial charge in [0.1, 0.15) is 5.76 Å². The number of rotatable bonds is 2. The second-order valence-corrected chi connectivity index (χ2v) is 5.37. The molecule has 2 nitrogen and oxygen atoms in total. The van der Waals surface area contributed by atoms with Gasteiger partial charge in [0.05, 0.1) is 10.7 Å². The van der Waals surface area contributed by atoms with E-state index in [1.807, 2.05) is 6.07 Å². The second kappa shape index (κ2) is 4.71. The van der Waals surface area contributed by atoms with Gasteiger partial charge in [-0.3, -0.25) is 0 Å². The third kappa shape index (κ3) is 2.28. The van der Waals surface area contributed by atoms with Crippen molar-refractivity contribution in [3.8, 4) is 0 Å². The van der Waals surface area contributed by atoms with Crippen LogP contribution in [0.5, 0.6) is 0 Å². The molecule has 1 aromatic heterocycles. The van der Waals surface area contributed by atoms with Crippen molar-refractivity contribution in [1.82, 2.24) is 5.32 Å². The zero-order valence-corrected chi connectivity index (χ0v) is 10.9. The highest BCUT2D eigenvalue weighted by Gasteiger charge is 2.31. The summed E-state index contributed by atoms with van der Waals surface area (Å²) in [5.74, 6) is 2.40. The van der Waals surface area contributed by atoms with E-state index in [1.165, 1.54) is 19.3 Å². The van der Waals surface area contributed by atoms with Crippen molar-refractivity contribution in [1.29, 1.82) is 0 Å². The molecule has 0 spiro atoms. The van der Waals surface area contributed by atoms with Gasteiger partial charge in [-0.1, -0.05) is 6.92 Å². The molecule has 1 aromatic rings. The van der Waals surface area contributed by atoms with Gasteiger partial charge in [-0.25, -0.2) is 0 Å². The van der Waals surface area contributed by atoms with E-state index < -0.39 is 0 Å². The maximum atomic E-state index is 5.59. The highest BCUT2D eigenvalue weighted by atomic mass is 79.9. The van der Waals surface area contributed by atoms with Crippen LogP contribution in [0.15, 0.2) is 21.2 Å². The molecule has 1 fully saturated rings. The summed E-state index contributed by atoms with van der Waals surface area (Å²) in [5.41, 5.74) is 0. The van der Waals surface area contributed by atoms with Gasteiger partial charge in [0, 0.05) is 12.0 Å². The molecule has 1 N–H and O–H groups in total. The Morgan fingerprint density at radius 1 is 1.47 bits per heavy atom. The van der Waals surface area contributed by atoms with E-state index in [-0.39, 0.29) is 0 Å². The Labute approximate surface area is 99.6 Å². The molecule has 3 atom stereocenters. The summed E-state index contributed by atoms with van der Waals surface area (Å²) in [6.07, 6.45) is 5.52. The van der Waals surface area contributed by atoms with Crippen molar-refractivity contribution in [3.63, 3.8) is 0 Å². The van der Waals surface area contributed by atoms with Crippen molar-refractivity contribution in [2.45, 2.75) is 38.1 Å². The molecule has 1 heterocycles. The predicted octanol–water partition coefficient (Wildman–Crippen LogP) is 3.53. The monoisotopic (exact) mass is 271 g/mol. The Morgan fingerprint density at radius 3 is 2.87 bits per heavy atom. The van der Waals surface area contributed by atoms with E-state index in [0.717, 1.165) is 16.2 Å². The van der Waals surface area contributed by atoms with E-state index in [0.29, 0.717) is 12.0 Å². The van der Waals surface area contributed by atoms with Gasteiger partial charge in [-0.15, -0.1) is 0 Å². The minimum atomic E-state index is 0.556. The van der Waals surface area contributed by atoms with Gasteiger partial charge >= 0.3 is 0 Å². The summed E-state index contributed by atoms with van der Waals surface area (Å²) < 4.78 is 6.71. The molecule has 0 aliphatic heterocycles. The molecule has 0 bridgehead atoms. The number of halogens is 1. The van der Waals surface area contributed by atoms with Crippen LogP contribution >= 0.6 is 15.9 Å². The van der Waals surface area contributed by atoms with Crippen LogP contribution in [0.4, 0.5) is 0 Å². The molecule has 1 aliphatic carbocycles. The molecular weight excluding hydrogens is 254 g/mol. The Bertz CT molecular complexity index is 323. The molecule has 15 heavy (non-hydrogen) atoms. The van der Waals surface area contributed by atoms with Crippen LogP contribution in [0.2, 0.25) is 0 Å². The molecule has 0 amide bonds. The van der Waals surface area contributed by atoms with Crippen molar-refractivity contribution in [3.05, 3.63) is 22.6 Å². The minimum Gasteiger partial charge on any atom is -0.468 e. The summed E-state index contributed by atoms with van der Waals surface area (Å²) in [5, 5.41) is 3.38. The van der Waals surface area contributed by atoms with Gasteiger partial charge in [0.2, 0.25) is 0 Å².